The van der Waals surface area contributed by atoms with Gasteiger partial charge >= 0.3 is 6.18 Å². The van der Waals surface area contributed by atoms with E-state index in [2.05, 4.69) is 9.88 Å². The Labute approximate surface area is 154 Å². The summed E-state index contributed by atoms with van der Waals surface area (Å²) in [6.07, 6.45) is 0.329. The molecule has 0 radical (unpaired) electrons. The number of hydrogen-bond donors (Lipinski definition) is 1. The number of rotatable bonds is 4. The molecule has 2 heterocycles. The summed E-state index contributed by atoms with van der Waals surface area (Å²) in [4.78, 5) is 6.59. The molecule has 4 nitrogen and oxygen atoms in total. The average molecular weight is 383 g/mol. The molecule has 8 heteroatoms. The number of nitrogens with zero attached hydrogens (tertiary/aromatic N) is 2. The lowest BCUT2D eigenvalue weighted by Crippen LogP contribution is -2.40. The van der Waals surface area contributed by atoms with Crippen LogP contribution in [0.15, 0.2) is 28.9 Å². The zero-order valence-corrected chi connectivity index (χ0v) is 14.7. The molecular formula is C19H21F4N3O. The highest BCUT2D eigenvalue weighted by Crippen LogP contribution is 2.51. The number of benzene rings is 1. The van der Waals surface area contributed by atoms with Crippen LogP contribution in [-0.4, -0.2) is 29.5 Å². The molecule has 4 rings (SSSR count). The molecule has 146 valence electrons. The van der Waals surface area contributed by atoms with E-state index in [0.717, 1.165) is 25.2 Å². The summed E-state index contributed by atoms with van der Waals surface area (Å²) in [5, 5.41) is 0. The number of aromatic nitrogens is 1. The number of likely N-dealkylation sites (tertiary alicyclic amines) is 1. The van der Waals surface area contributed by atoms with Crippen LogP contribution >= 0.6 is 0 Å². The molecule has 1 atom stereocenters. The van der Waals surface area contributed by atoms with E-state index >= 15 is 0 Å². The molecule has 1 unspecified atom stereocenters. The second-order valence-electron chi connectivity index (χ2n) is 7.65. The summed E-state index contributed by atoms with van der Waals surface area (Å²) in [6, 6.07) is 2.76. The number of oxazole rings is 1. The summed E-state index contributed by atoms with van der Waals surface area (Å²) < 4.78 is 57.5. The SMILES string of the molecule is NCC1CN(Cc2coc(-c3ccc(F)c(C(F)(F)F)c3)n2)CC12CCC2. The van der Waals surface area contributed by atoms with Crippen molar-refractivity contribution in [2.45, 2.75) is 32.0 Å². The largest absolute Gasteiger partial charge is 0.444 e. The minimum Gasteiger partial charge on any atom is -0.444 e. The van der Waals surface area contributed by atoms with Crippen molar-refractivity contribution < 1.29 is 22.0 Å². The molecule has 1 aromatic carbocycles. The van der Waals surface area contributed by atoms with Gasteiger partial charge in [0.1, 0.15) is 12.1 Å². The first kappa shape index (κ1) is 18.4. The summed E-state index contributed by atoms with van der Waals surface area (Å²) in [5.41, 5.74) is 5.68. The highest BCUT2D eigenvalue weighted by atomic mass is 19.4. The monoisotopic (exact) mass is 383 g/mol. The molecule has 2 fully saturated rings. The molecule has 1 aromatic heterocycles. The van der Waals surface area contributed by atoms with Gasteiger partial charge in [0.15, 0.2) is 0 Å². The normalized spacial score (nSPS) is 22.3. The second-order valence-corrected chi connectivity index (χ2v) is 7.65. The van der Waals surface area contributed by atoms with Crippen molar-refractivity contribution in [2.75, 3.05) is 19.6 Å². The van der Waals surface area contributed by atoms with Gasteiger partial charge in [-0.05, 0) is 48.9 Å². The fourth-order valence-corrected chi connectivity index (χ4v) is 4.40. The van der Waals surface area contributed by atoms with Crippen LogP contribution in [0, 0.1) is 17.2 Å². The van der Waals surface area contributed by atoms with Crippen LogP contribution in [0.2, 0.25) is 0 Å². The third kappa shape index (κ3) is 3.36. The van der Waals surface area contributed by atoms with Crippen molar-refractivity contribution in [1.29, 1.82) is 0 Å². The van der Waals surface area contributed by atoms with Crippen molar-refractivity contribution in [3.05, 3.63) is 41.5 Å². The van der Waals surface area contributed by atoms with Crippen LogP contribution in [-0.2, 0) is 12.7 Å². The second kappa shape index (κ2) is 6.60. The van der Waals surface area contributed by atoms with Gasteiger partial charge in [-0.2, -0.15) is 13.2 Å². The van der Waals surface area contributed by atoms with Gasteiger partial charge < -0.3 is 10.2 Å². The van der Waals surface area contributed by atoms with Crippen LogP contribution in [0.1, 0.15) is 30.5 Å². The molecule has 1 saturated heterocycles. The quantitative estimate of drug-likeness (QED) is 0.809. The van der Waals surface area contributed by atoms with Crippen LogP contribution in [0.4, 0.5) is 17.6 Å². The smallest absolute Gasteiger partial charge is 0.419 e. The van der Waals surface area contributed by atoms with Gasteiger partial charge in [-0.3, -0.25) is 4.90 Å². The van der Waals surface area contributed by atoms with E-state index in [1.54, 1.807) is 0 Å². The van der Waals surface area contributed by atoms with Gasteiger partial charge in [0.25, 0.3) is 0 Å². The van der Waals surface area contributed by atoms with Gasteiger partial charge in [0, 0.05) is 25.2 Å². The van der Waals surface area contributed by atoms with E-state index in [4.69, 9.17) is 10.2 Å². The van der Waals surface area contributed by atoms with Gasteiger partial charge in [0.05, 0.1) is 11.3 Å². The Kier molecular flexibility index (Phi) is 4.50. The van der Waals surface area contributed by atoms with Crippen molar-refractivity contribution >= 4 is 0 Å². The Morgan fingerprint density at radius 2 is 2.07 bits per heavy atom. The van der Waals surface area contributed by atoms with Crippen LogP contribution in [0.5, 0.6) is 0 Å². The van der Waals surface area contributed by atoms with Gasteiger partial charge in [-0.15, -0.1) is 0 Å². The Hall–Kier alpha value is -1.93. The third-order valence-corrected chi connectivity index (χ3v) is 5.97. The van der Waals surface area contributed by atoms with E-state index in [1.165, 1.54) is 31.6 Å². The van der Waals surface area contributed by atoms with Crippen molar-refractivity contribution in [3.8, 4) is 11.5 Å². The Balaban J connectivity index is 1.50. The lowest BCUT2D eigenvalue weighted by molar-refractivity contribution is -0.139. The average Bonchev–Trinajstić information content (AvgIpc) is 3.18. The number of halogens is 4. The molecule has 1 aliphatic heterocycles. The van der Waals surface area contributed by atoms with E-state index in [1.807, 2.05) is 0 Å². The molecule has 1 saturated carbocycles. The minimum atomic E-state index is -4.76. The predicted octanol–water partition coefficient (Wildman–Crippen LogP) is 4.06. The summed E-state index contributed by atoms with van der Waals surface area (Å²) in [6.45, 7) is 3.09. The van der Waals surface area contributed by atoms with Crippen LogP contribution in [0.3, 0.4) is 0 Å². The Morgan fingerprint density at radius 3 is 2.67 bits per heavy atom. The predicted molar refractivity (Wildman–Crippen MR) is 91.0 cm³/mol. The maximum absolute atomic E-state index is 13.5. The van der Waals surface area contributed by atoms with Crippen LogP contribution < -0.4 is 5.73 Å². The summed E-state index contributed by atoms with van der Waals surface area (Å²) in [5.74, 6) is -0.777. The molecule has 2 aromatic rings. The molecule has 0 amide bonds. The highest BCUT2D eigenvalue weighted by Gasteiger charge is 2.49. The van der Waals surface area contributed by atoms with E-state index < -0.39 is 17.6 Å². The first-order valence-corrected chi connectivity index (χ1v) is 9.05. The fourth-order valence-electron chi connectivity index (χ4n) is 4.40. The Morgan fingerprint density at radius 1 is 1.30 bits per heavy atom. The molecular weight excluding hydrogens is 362 g/mol. The molecule has 1 aliphatic carbocycles. The van der Waals surface area contributed by atoms with Crippen LogP contribution in [0.25, 0.3) is 11.5 Å². The maximum atomic E-state index is 13.5. The first-order valence-electron chi connectivity index (χ1n) is 9.05. The zero-order valence-electron chi connectivity index (χ0n) is 14.7. The summed E-state index contributed by atoms with van der Waals surface area (Å²) >= 11 is 0. The number of nitrogens with two attached hydrogens (primary N) is 1. The summed E-state index contributed by atoms with van der Waals surface area (Å²) in [7, 11) is 0. The van der Waals surface area contributed by atoms with E-state index in [0.29, 0.717) is 30.1 Å². The lowest BCUT2D eigenvalue weighted by Gasteiger charge is -2.42. The number of alkyl halides is 3. The number of hydrogen-bond acceptors (Lipinski definition) is 4. The standard InChI is InChI=1S/C19H21F4N3O/c20-16-3-2-12(6-15(16)19(21,22)23)17-25-14(10-27-17)9-26-8-13(7-24)18(11-26)4-1-5-18/h2-3,6,10,13H,1,4-5,7-9,11,24H2. The Bertz CT molecular complexity index is 829. The topological polar surface area (TPSA) is 55.3 Å². The molecule has 2 N–H and O–H groups in total. The van der Waals surface area contributed by atoms with Crippen molar-refractivity contribution in [2.24, 2.45) is 17.1 Å². The van der Waals surface area contributed by atoms with E-state index in [9.17, 15) is 17.6 Å². The molecule has 2 aliphatic rings. The highest BCUT2D eigenvalue weighted by molar-refractivity contribution is 5.55. The van der Waals surface area contributed by atoms with Crippen molar-refractivity contribution in [1.82, 2.24) is 9.88 Å². The van der Waals surface area contributed by atoms with E-state index in [-0.39, 0.29) is 11.5 Å². The third-order valence-electron chi connectivity index (χ3n) is 5.97. The minimum absolute atomic E-state index is 0.0587. The van der Waals surface area contributed by atoms with Crippen molar-refractivity contribution in [3.63, 3.8) is 0 Å². The molecule has 1 spiro atoms. The molecule has 0 bridgehead atoms. The van der Waals surface area contributed by atoms with Gasteiger partial charge in [0.2, 0.25) is 5.89 Å². The fraction of sp³-hybridized carbons (Fsp3) is 0.526. The zero-order chi connectivity index (χ0) is 19.2. The van der Waals surface area contributed by atoms with Gasteiger partial charge in [-0.1, -0.05) is 6.42 Å². The van der Waals surface area contributed by atoms with Gasteiger partial charge in [-0.25, -0.2) is 9.37 Å². The maximum Gasteiger partial charge on any atom is 0.419 e. The first-order chi connectivity index (χ1) is 12.8. The molecule has 27 heavy (non-hydrogen) atoms. The lowest BCUT2D eigenvalue weighted by atomic mass is 9.63.